The van der Waals surface area contributed by atoms with Gasteiger partial charge in [-0.25, -0.2) is 8.78 Å². The molecule has 0 bridgehead atoms. The zero-order valence-corrected chi connectivity index (χ0v) is 5.91. The summed E-state index contributed by atoms with van der Waals surface area (Å²) < 4.78 is 25.0. The molecule has 10 heavy (non-hydrogen) atoms. The molecule has 1 rings (SSSR count). The summed E-state index contributed by atoms with van der Waals surface area (Å²) in [4.78, 5) is 0. The van der Waals surface area contributed by atoms with Crippen molar-refractivity contribution in [1.82, 2.24) is 0 Å². The van der Waals surface area contributed by atoms with Crippen molar-refractivity contribution in [2.75, 3.05) is 0 Å². The highest BCUT2D eigenvalue weighted by Gasteiger charge is 2.01. The standard InChI is InChI=1S/C7H7BF2/c1-4-6(8)2-5(9)3-7(4)10/h2-3H,8H2,1H3. The molecule has 1 aromatic carbocycles. The number of halogens is 2. The van der Waals surface area contributed by atoms with Crippen LogP contribution in [0.5, 0.6) is 0 Å². The zero-order valence-electron chi connectivity index (χ0n) is 5.91. The summed E-state index contributed by atoms with van der Waals surface area (Å²) in [6.45, 7) is 1.63. The summed E-state index contributed by atoms with van der Waals surface area (Å²) in [5, 5.41) is 0. The van der Waals surface area contributed by atoms with Crippen LogP contribution >= 0.6 is 0 Å². The molecule has 0 aliphatic carbocycles. The fourth-order valence-electron chi connectivity index (χ4n) is 0.774. The Bertz CT molecular complexity index is 235. The van der Waals surface area contributed by atoms with Crippen LogP contribution in [0.3, 0.4) is 0 Å². The summed E-state index contributed by atoms with van der Waals surface area (Å²) >= 11 is 0. The first-order chi connectivity index (χ1) is 4.61. The van der Waals surface area contributed by atoms with E-state index in [1.165, 1.54) is 6.07 Å². The van der Waals surface area contributed by atoms with Crippen molar-refractivity contribution in [3.05, 3.63) is 29.3 Å². The summed E-state index contributed by atoms with van der Waals surface area (Å²) in [5.41, 5.74) is 1.17. The lowest BCUT2D eigenvalue weighted by atomic mass is 9.91. The maximum absolute atomic E-state index is 12.6. The number of rotatable bonds is 0. The van der Waals surface area contributed by atoms with E-state index in [-0.39, 0.29) is 0 Å². The third-order valence-corrected chi connectivity index (χ3v) is 1.57. The Hall–Kier alpha value is -0.855. The van der Waals surface area contributed by atoms with E-state index >= 15 is 0 Å². The van der Waals surface area contributed by atoms with Gasteiger partial charge in [-0.3, -0.25) is 0 Å². The summed E-state index contributed by atoms with van der Waals surface area (Å²) in [5.74, 6) is -0.988. The van der Waals surface area contributed by atoms with Crippen LogP contribution in [0.4, 0.5) is 8.78 Å². The molecule has 0 saturated heterocycles. The molecule has 0 aromatic heterocycles. The zero-order chi connectivity index (χ0) is 7.72. The average molecular weight is 140 g/mol. The first-order valence-corrected chi connectivity index (χ1v) is 3.03. The average Bonchev–Trinajstić information content (AvgIpc) is 1.82. The lowest BCUT2D eigenvalue weighted by molar-refractivity contribution is 0.579. The van der Waals surface area contributed by atoms with Crippen molar-refractivity contribution in [1.29, 1.82) is 0 Å². The van der Waals surface area contributed by atoms with E-state index in [2.05, 4.69) is 0 Å². The molecule has 0 aliphatic heterocycles. The molecule has 0 spiro atoms. The molecule has 52 valence electrons. The monoisotopic (exact) mass is 140 g/mol. The Morgan fingerprint density at radius 1 is 1.30 bits per heavy atom. The summed E-state index contributed by atoms with van der Waals surface area (Å²) in [6.07, 6.45) is 0. The molecule has 0 fully saturated rings. The largest absolute Gasteiger partial charge is 0.207 e. The van der Waals surface area contributed by atoms with Crippen LogP contribution in [-0.4, -0.2) is 7.85 Å². The molecular weight excluding hydrogens is 133 g/mol. The Morgan fingerprint density at radius 2 is 1.90 bits per heavy atom. The summed E-state index contributed by atoms with van der Waals surface area (Å²) in [6, 6.07) is 2.21. The molecule has 0 saturated carbocycles. The summed E-state index contributed by atoms with van der Waals surface area (Å²) in [7, 11) is 1.68. The van der Waals surface area contributed by atoms with Crippen molar-refractivity contribution >= 4 is 13.3 Å². The van der Waals surface area contributed by atoms with Gasteiger partial charge >= 0.3 is 0 Å². The molecule has 3 heteroatoms. The van der Waals surface area contributed by atoms with E-state index in [0.29, 0.717) is 11.0 Å². The maximum Gasteiger partial charge on any atom is 0.139 e. The number of hydrogen-bond acceptors (Lipinski definition) is 0. The Morgan fingerprint density at radius 3 is 2.40 bits per heavy atom. The molecule has 0 heterocycles. The van der Waals surface area contributed by atoms with Gasteiger partial charge in [-0.15, -0.1) is 0 Å². The van der Waals surface area contributed by atoms with Gasteiger partial charge in [0.1, 0.15) is 19.5 Å². The predicted molar refractivity (Wildman–Crippen MR) is 39.3 cm³/mol. The van der Waals surface area contributed by atoms with Crippen molar-refractivity contribution in [3.8, 4) is 0 Å². The Kier molecular flexibility index (Phi) is 1.75. The molecule has 0 amide bonds. The normalized spacial score (nSPS) is 9.90. The lowest BCUT2D eigenvalue weighted by Gasteiger charge is -1.99. The highest BCUT2D eigenvalue weighted by molar-refractivity contribution is 6.33. The van der Waals surface area contributed by atoms with Gasteiger partial charge in [0.05, 0.1) is 0 Å². The van der Waals surface area contributed by atoms with E-state index in [0.717, 1.165) is 6.07 Å². The van der Waals surface area contributed by atoms with Crippen LogP contribution in [0.25, 0.3) is 0 Å². The van der Waals surface area contributed by atoms with Crippen molar-refractivity contribution < 1.29 is 8.78 Å². The van der Waals surface area contributed by atoms with Crippen LogP contribution in [0.1, 0.15) is 5.56 Å². The number of hydrogen-bond donors (Lipinski definition) is 0. The maximum atomic E-state index is 12.6. The van der Waals surface area contributed by atoms with Crippen LogP contribution in [0.2, 0.25) is 0 Å². The minimum absolute atomic E-state index is 0.475. The van der Waals surface area contributed by atoms with Crippen molar-refractivity contribution in [3.63, 3.8) is 0 Å². The van der Waals surface area contributed by atoms with Gasteiger partial charge in [0.2, 0.25) is 0 Å². The smallest absolute Gasteiger partial charge is 0.139 e. The van der Waals surface area contributed by atoms with Gasteiger partial charge in [0.15, 0.2) is 0 Å². The highest BCUT2D eigenvalue weighted by Crippen LogP contribution is 2.04. The van der Waals surface area contributed by atoms with Gasteiger partial charge < -0.3 is 0 Å². The first-order valence-electron chi connectivity index (χ1n) is 3.03. The fraction of sp³-hybridized carbons (Fsp3) is 0.143. The van der Waals surface area contributed by atoms with Crippen molar-refractivity contribution in [2.45, 2.75) is 6.92 Å². The first kappa shape index (κ1) is 7.25. The minimum atomic E-state index is -0.513. The number of benzene rings is 1. The Labute approximate surface area is 59.3 Å². The molecule has 0 N–H and O–H groups in total. The Balaban J connectivity index is 3.31. The molecule has 0 unspecified atom stereocenters. The minimum Gasteiger partial charge on any atom is -0.207 e. The van der Waals surface area contributed by atoms with E-state index in [4.69, 9.17) is 0 Å². The van der Waals surface area contributed by atoms with E-state index < -0.39 is 11.6 Å². The van der Waals surface area contributed by atoms with Gasteiger partial charge in [-0.2, -0.15) is 0 Å². The van der Waals surface area contributed by atoms with Crippen LogP contribution in [0, 0.1) is 18.6 Å². The molecule has 0 nitrogen and oxygen atoms in total. The third-order valence-electron chi connectivity index (χ3n) is 1.57. The predicted octanol–water partition coefficient (Wildman–Crippen LogP) is 0.532. The van der Waals surface area contributed by atoms with Crippen molar-refractivity contribution in [2.24, 2.45) is 0 Å². The molecule has 0 atom stereocenters. The quantitative estimate of drug-likeness (QED) is 0.461. The SMILES string of the molecule is Bc1cc(F)cc(F)c1C. The van der Waals surface area contributed by atoms with E-state index in [1.807, 2.05) is 0 Å². The van der Waals surface area contributed by atoms with Crippen LogP contribution < -0.4 is 5.46 Å². The molecule has 0 radical (unpaired) electrons. The lowest BCUT2D eigenvalue weighted by Crippen LogP contribution is -2.09. The van der Waals surface area contributed by atoms with Gasteiger partial charge in [0, 0.05) is 6.07 Å². The highest BCUT2D eigenvalue weighted by atomic mass is 19.1. The van der Waals surface area contributed by atoms with E-state index in [1.54, 1.807) is 14.8 Å². The van der Waals surface area contributed by atoms with Gasteiger partial charge in [0.25, 0.3) is 0 Å². The fourth-order valence-corrected chi connectivity index (χ4v) is 0.774. The van der Waals surface area contributed by atoms with Gasteiger partial charge in [-0.1, -0.05) is 5.46 Å². The molecule has 1 aromatic rings. The second kappa shape index (κ2) is 2.41. The topological polar surface area (TPSA) is 0 Å². The van der Waals surface area contributed by atoms with Crippen LogP contribution in [0.15, 0.2) is 12.1 Å². The van der Waals surface area contributed by atoms with E-state index in [9.17, 15) is 8.78 Å². The van der Waals surface area contributed by atoms with Crippen LogP contribution in [-0.2, 0) is 0 Å². The van der Waals surface area contributed by atoms with Gasteiger partial charge in [-0.05, 0) is 18.6 Å². The molecular formula is C7H7BF2. The molecule has 0 aliphatic rings. The second-order valence-electron chi connectivity index (χ2n) is 2.33. The third kappa shape index (κ3) is 1.18. The second-order valence-corrected chi connectivity index (χ2v) is 2.33.